The van der Waals surface area contributed by atoms with Crippen LogP contribution in [0.25, 0.3) is 33.3 Å². The number of cyclic esters (lactones) is 1. The van der Waals surface area contributed by atoms with Gasteiger partial charge in [-0.2, -0.15) is 0 Å². The molecule has 4 amide bonds. The predicted octanol–water partition coefficient (Wildman–Crippen LogP) is 5.81. The molecule has 0 unspecified atom stereocenters. The molecular formula is C52H65N7O8. The van der Waals surface area contributed by atoms with Gasteiger partial charge in [0.1, 0.15) is 23.9 Å². The Kier molecular flexibility index (Phi) is 14.8. The van der Waals surface area contributed by atoms with Crippen LogP contribution in [0, 0.1) is 29.1 Å². The number of rotatable bonds is 9. The number of phenolic OH excluding ortho intramolecular Hbond substituents is 1. The third-order valence-electron chi connectivity index (χ3n) is 13.4. The minimum absolute atomic E-state index is 0.0143. The number of likely N-dealkylation sites (tertiary alicyclic amines) is 1. The van der Waals surface area contributed by atoms with Crippen LogP contribution in [0.2, 0.25) is 0 Å². The Labute approximate surface area is 393 Å². The van der Waals surface area contributed by atoms with Gasteiger partial charge in [-0.05, 0) is 117 Å². The molecule has 4 aromatic rings. The minimum Gasteiger partial charge on any atom is -0.508 e. The average molecular weight is 916 g/mol. The lowest BCUT2D eigenvalue weighted by Gasteiger charge is -2.37. The molecule has 15 nitrogen and oxygen atoms in total. The molecule has 2 fully saturated rings. The summed E-state index contributed by atoms with van der Waals surface area (Å²) in [5.41, 5.74) is 9.51. The lowest BCUT2D eigenvalue weighted by molar-refractivity contribution is -0.155. The van der Waals surface area contributed by atoms with Crippen LogP contribution in [0.4, 0.5) is 0 Å². The molecule has 0 spiro atoms. The van der Waals surface area contributed by atoms with Gasteiger partial charge in [0.05, 0.1) is 30.0 Å². The maximum atomic E-state index is 14.7. The highest BCUT2D eigenvalue weighted by Crippen LogP contribution is 2.42. The van der Waals surface area contributed by atoms with Gasteiger partial charge in [0, 0.05) is 74.8 Å². The van der Waals surface area contributed by atoms with Gasteiger partial charge in [0.2, 0.25) is 11.8 Å². The number of hydrogen-bond donors (Lipinski definition) is 3. The molecule has 67 heavy (non-hydrogen) atoms. The Morgan fingerprint density at radius 3 is 2.57 bits per heavy atom. The molecule has 0 saturated carbocycles. The molecule has 0 radical (unpaired) electrons. The number of aromatic hydroxyl groups is 1. The molecule has 356 valence electrons. The van der Waals surface area contributed by atoms with Crippen LogP contribution < -0.4 is 10.7 Å². The van der Waals surface area contributed by atoms with Crippen molar-refractivity contribution in [3.05, 3.63) is 71.5 Å². The van der Waals surface area contributed by atoms with Crippen LogP contribution in [0.5, 0.6) is 5.75 Å². The first-order valence-electron chi connectivity index (χ1n) is 23.4. The molecular weight excluding hydrogens is 851 g/mol. The molecule has 5 heterocycles. The summed E-state index contributed by atoms with van der Waals surface area (Å²) in [6.45, 7) is 15.1. The first kappa shape index (κ1) is 48.7. The summed E-state index contributed by atoms with van der Waals surface area (Å²) in [7, 11) is 3.25. The number of carbonyl (C=O) groups excluding carboxylic acids is 5. The molecule has 2 aromatic heterocycles. The van der Waals surface area contributed by atoms with Crippen LogP contribution in [-0.4, -0.2) is 118 Å². The van der Waals surface area contributed by atoms with Gasteiger partial charge < -0.3 is 34.3 Å². The molecule has 3 aliphatic heterocycles. The molecule has 2 saturated heterocycles. The number of hydrazine groups is 1. The van der Waals surface area contributed by atoms with E-state index in [-0.39, 0.29) is 55.7 Å². The Morgan fingerprint density at radius 1 is 1.07 bits per heavy atom. The summed E-state index contributed by atoms with van der Waals surface area (Å²) < 4.78 is 14.2. The minimum atomic E-state index is -1.17. The normalized spacial score (nSPS) is 20.7. The van der Waals surface area contributed by atoms with Crippen LogP contribution in [0.3, 0.4) is 0 Å². The number of carbonyl (C=O) groups is 5. The maximum absolute atomic E-state index is 14.7. The zero-order chi connectivity index (χ0) is 48.3. The molecule has 15 heteroatoms. The van der Waals surface area contributed by atoms with Crippen molar-refractivity contribution in [2.24, 2.45) is 17.3 Å². The van der Waals surface area contributed by atoms with E-state index in [0.717, 1.165) is 39.0 Å². The monoisotopic (exact) mass is 915 g/mol. The molecule has 0 aliphatic carbocycles. The van der Waals surface area contributed by atoms with Crippen molar-refractivity contribution >= 4 is 40.5 Å². The smallest absolute Gasteiger partial charge is 0.324 e. The van der Waals surface area contributed by atoms with E-state index in [1.807, 2.05) is 39.0 Å². The number of nitrogens with zero attached hydrogens (tertiary/aromatic N) is 5. The quantitative estimate of drug-likeness (QED) is 0.137. The Bertz CT molecular complexity index is 2610. The highest BCUT2D eigenvalue weighted by molar-refractivity contribution is 5.97. The third-order valence-corrected chi connectivity index (χ3v) is 13.4. The maximum Gasteiger partial charge on any atom is 0.324 e. The number of methoxy groups -OCH3 is 1. The van der Waals surface area contributed by atoms with Gasteiger partial charge in [-0.1, -0.05) is 45.7 Å². The summed E-state index contributed by atoms with van der Waals surface area (Å²) >= 11 is 0. The SMILES string of the molecule is CC#CC(=O)N1CC[C@H](C(=O)N(C)[C@@H](C(=O)N[C@H]2Cc3cc(O)cc(c3)-c3ccc4c(c3)c(c(-c3cccnc3[C@H](C)OC)n4CC)CC(C)(C)COC(=O)[C@@H]3CCCN(N3)C2=O)C(C)C)C1. The van der Waals surface area contributed by atoms with Gasteiger partial charge in [-0.15, -0.1) is 0 Å². The summed E-state index contributed by atoms with van der Waals surface area (Å²) in [4.78, 5) is 77.4. The molecule has 2 aromatic carbocycles. The summed E-state index contributed by atoms with van der Waals surface area (Å²) in [5, 5.41) is 16.7. The number of amides is 4. The number of likely N-dealkylation sites (N-methyl/N-ethyl adjacent to an activating group) is 1. The standard InChI is InChI=1S/C52H65N7O8/c1-10-14-44(61)57-22-19-35(29-57)49(63)56(8)46(31(3)4)48(62)54-42-25-33-23-36(26-37(60)24-33)34-17-18-43-39(27-34)40(47(58(43)11-2)38-15-12-20-53-45(38)32(5)66-9)28-52(6,7)30-67-51(65)41-16-13-21-59(55-41)50(42)64/h12,15,17-18,20,23-24,26-27,31-32,35,41-42,46,55,60H,11,13,16,19,21-22,25,28-30H2,1-9H3,(H,54,62)/t32-,35-,41-,42-,46+/m0/s1. The first-order valence-corrected chi connectivity index (χ1v) is 23.4. The highest BCUT2D eigenvalue weighted by Gasteiger charge is 2.40. The zero-order valence-corrected chi connectivity index (χ0v) is 40.3. The number of esters is 1. The average Bonchev–Trinajstić information content (AvgIpc) is 3.92. The number of aryl methyl sites for hydroxylation is 1. The van der Waals surface area contributed by atoms with E-state index in [9.17, 15) is 29.1 Å². The molecule has 3 N–H and O–H groups in total. The van der Waals surface area contributed by atoms with E-state index >= 15 is 0 Å². The number of hydrogen-bond acceptors (Lipinski definition) is 10. The fourth-order valence-corrected chi connectivity index (χ4v) is 10.0. The van der Waals surface area contributed by atoms with Crippen molar-refractivity contribution in [1.29, 1.82) is 0 Å². The van der Waals surface area contributed by atoms with Crippen molar-refractivity contribution in [3.8, 4) is 40.0 Å². The summed E-state index contributed by atoms with van der Waals surface area (Å²) in [6, 6.07) is 12.5. The van der Waals surface area contributed by atoms with Crippen molar-refractivity contribution in [1.82, 2.24) is 35.1 Å². The number of benzene rings is 2. The molecule has 5 atom stereocenters. The number of phenols is 1. The molecule has 7 rings (SSSR count). The Hall–Kier alpha value is -6.24. The van der Waals surface area contributed by atoms with Crippen molar-refractivity contribution in [2.75, 3.05) is 40.4 Å². The van der Waals surface area contributed by atoms with E-state index in [0.29, 0.717) is 49.9 Å². The van der Waals surface area contributed by atoms with E-state index in [4.69, 9.17) is 14.5 Å². The Morgan fingerprint density at radius 2 is 1.85 bits per heavy atom. The van der Waals surface area contributed by atoms with Crippen LogP contribution in [-0.2, 0) is 52.8 Å². The van der Waals surface area contributed by atoms with E-state index in [2.05, 4.69) is 66.1 Å². The zero-order valence-electron chi connectivity index (χ0n) is 40.3. The fraction of sp³-hybridized carbons (Fsp3) is 0.500. The number of pyridine rings is 1. The lowest BCUT2D eigenvalue weighted by atomic mass is 9.84. The number of ether oxygens (including phenoxy) is 2. The topological polar surface area (TPSA) is 176 Å². The van der Waals surface area contributed by atoms with Crippen molar-refractivity contribution in [3.63, 3.8) is 0 Å². The molecule has 3 aliphatic rings. The van der Waals surface area contributed by atoms with Gasteiger partial charge >= 0.3 is 5.97 Å². The second-order valence-corrected chi connectivity index (χ2v) is 19.3. The van der Waals surface area contributed by atoms with Crippen LogP contribution in [0.1, 0.15) is 90.7 Å². The largest absolute Gasteiger partial charge is 0.508 e. The number of nitrogens with one attached hydrogen (secondary N) is 2. The van der Waals surface area contributed by atoms with Crippen molar-refractivity contribution < 1.29 is 38.6 Å². The fourth-order valence-electron chi connectivity index (χ4n) is 10.0. The van der Waals surface area contributed by atoms with Gasteiger partial charge in [0.15, 0.2) is 0 Å². The van der Waals surface area contributed by atoms with Crippen LogP contribution >= 0.6 is 0 Å². The Balaban J connectivity index is 1.30. The van der Waals surface area contributed by atoms with E-state index in [1.165, 1.54) is 9.91 Å². The van der Waals surface area contributed by atoms with Gasteiger partial charge in [0.25, 0.3) is 11.8 Å². The van der Waals surface area contributed by atoms with E-state index < -0.39 is 47.2 Å². The number of fused-ring (bicyclic) bond motifs is 6. The van der Waals surface area contributed by atoms with Crippen molar-refractivity contribution in [2.45, 2.75) is 111 Å². The second-order valence-electron chi connectivity index (χ2n) is 19.3. The summed E-state index contributed by atoms with van der Waals surface area (Å²) in [5.74, 6) is 2.15. The number of aromatic nitrogens is 2. The van der Waals surface area contributed by atoms with Crippen LogP contribution in [0.15, 0.2) is 54.7 Å². The lowest BCUT2D eigenvalue weighted by Crippen LogP contribution is -2.62. The second kappa shape index (κ2) is 20.3. The summed E-state index contributed by atoms with van der Waals surface area (Å²) in [6.07, 6.45) is 3.39. The van der Waals surface area contributed by atoms with Gasteiger partial charge in [-0.25, -0.2) is 5.43 Å². The van der Waals surface area contributed by atoms with E-state index in [1.54, 1.807) is 44.3 Å². The van der Waals surface area contributed by atoms with Gasteiger partial charge in [-0.3, -0.25) is 34.0 Å². The highest BCUT2D eigenvalue weighted by atomic mass is 16.5. The predicted molar refractivity (Wildman–Crippen MR) is 255 cm³/mol. The molecule has 6 bridgehead atoms. The first-order chi connectivity index (χ1) is 31.9. The third kappa shape index (κ3) is 10.4.